The second-order valence-corrected chi connectivity index (χ2v) is 6.54. The molecular formula is C19H31N. The fourth-order valence-electron chi connectivity index (χ4n) is 3.41. The second-order valence-electron chi connectivity index (χ2n) is 6.54. The van der Waals surface area contributed by atoms with Crippen LogP contribution in [0.2, 0.25) is 0 Å². The summed E-state index contributed by atoms with van der Waals surface area (Å²) in [4.78, 5) is 0. The van der Waals surface area contributed by atoms with Crippen LogP contribution in [0, 0.1) is 5.92 Å². The zero-order valence-electron chi connectivity index (χ0n) is 13.1. The van der Waals surface area contributed by atoms with Gasteiger partial charge in [0.05, 0.1) is 0 Å². The van der Waals surface area contributed by atoms with Gasteiger partial charge in [0.25, 0.3) is 0 Å². The Labute approximate surface area is 125 Å². The molecule has 1 nitrogen and oxygen atoms in total. The Morgan fingerprint density at radius 2 is 1.70 bits per heavy atom. The highest BCUT2D eigenvalue weighted by Gasteiger charge is 2.16. The average molecular weight is 273 g/mol. The molecule has 1 aliphatic rings. The van der Waals surface area contributed by atoms with Crippen molar-refractivity contribution in [2.75, 3.05) is 0 Å². The SMILES string of the molecule is CCCCc1ccc(C(N)CC2CCCCCC2)cc1. The number of unbranched alkanes of at least 4 members (excludes halogenated alkanes) is 1. The number of aryl methyl sites for hydroxylation is 1. The maximum absolute atomic E-state index is 6.43. The molecule has 0 bridgehead atoms. The van der Waals surface area contributed by atoms with E-state index in [-0.39, 0.29) is 6.04 Å². The molecule has 0 radical (unpaired) electrons. The Morgan fingerprint density at radius 3 is 2.30 bits per heavy atom. The topological polar surface area (TPSA) is 26.0 Å². The van der Waals surface area contributed by atoms with Gasteiger partial charge in [-0.2, -0.15) is 0 Å². The van der Waals surface area contributed by atoms with Crippen LogP contribution in [0.25, 0.3) is 0 Å². The van der Waals surface area contributed by atoms with Crippen molar-refractivity contribution in [1.82, 2.24) is 0 Å². The van der Waals surface area contributed by atoms with Crippen molar-refractivity contribution >= 4 is 0 Å². The van der Waals surface area contributed by atoms with Crippen LogP contribution in [-0.2, 0) is 6.42 Å². The fraction of sp³-hybridized carbons (Fsp3) is 0.684. The first-order valence-electron chi connectivity index (χ1n) is 8.64. The highest BCUT2D eigenvalue weighted by molar-refractivity contribution is 5.25. The molecule has 0 heterocycles. The van der Waals surface area contributed by atoms with E-state index >= 15 is 0 Å². The standard InChI is InChI=1S/C19H31N/c1-2-3-8-16-11-13-18(14-12-16)19(20)15-17-9-6-4-5-7-10-17/h11-14,17,19H,2-10,15,20H2,1H3. The highest BCUT2D eigenvalue weighted by atomic mass is 14.6. The Balaban J connectivity index is 1.86. The molecule has 2 rings (SSSR count). The van der Waals surface area contributed by atoms with Gasteiger partial charge in [0.1, 0.15) is 0 Å². The Kier molecular flexibility index (Phi) is 6.59. The number of hydrogen-bond acceptors (Lipinski definition) is 1. The number of benzene rings is 1. The van der Waals surface area contributed by atoms with E-state index in [1.54, 1.807) is 0 Å². The Bertz CT molecular complexity index is 360. The van der Waals surface area contributed by atoms with Crippen LogP contribution in [0.3, 0.4) is 0 Å². The van der Waals surface area contributed by atoms with E-state index in [4.69, 9.17) is 5.73 Å². The summed E-state index contributed by atoms with van der Waals surface area (Å²) in [7, 11) is 0. The molecule has 1 aromatic rings. The van der Waals surface area contributed by atoms with Crippen LogP contribution in [0.5, 0.6) is 0 Å². The zero-order valence-corrected chi connectivity index (χ0v) is 13.1. The Morgan fingerprint density at radius 1 is 1.05 bits per heavy atom. The third-order valence-corrected chi connectivity index (χ3v) is 4.79. The minimum Gasteiger partial charge on any atom is -0.324 e. The number of rotatable bonds is 6. The van der Waals surface area contributed by atoms with Crippen LogP contribution in [-0.4, -0.2) is 0 Å². The molecule has 2 N–H and O–H groups in total. The van der Waals surface area contributed by atoms with Crippen molar-refractivity contribution in [3.05, 3.63) is 35.4 Å². The third-order valence-electron chi connectivity index (χ3n) is 4.79. The third kappa shape index (κ3) is 4.94. The van der Waals surface area contributed by atoms with Gasteiger partial charge >= 0.3 is 0 Å². The van der Waals surface area contributed by atoms with Crippen LogP contribution in [0.15, 0.2) is 24.3 Å². The van der Waals surface area contributed by atoms with E-state index in [2.05, 4.69) is 31.2 Å². The smallest absolute Gasteiger partial charge is 0.0297 e. The molecule has 1 saturated carbocycles. The largest absolute Gasteiger partial charge is 0.324 e. The van der Waals surface area contributed by atoms with Crippen molar-refractivity contribution in [3.63, 3.8) is 0 Å². The summed E-state index contributed by atoms with van der Waals surface area (Å²) >= 11 is 0. The summed E-state index contributed by atoms with van der Waals surface area (Å²) in [6, 6.07) is 9.30. The van der Waals surface area contributed by atoms with E-state index in [9.17, 15) is 0 Å². The quantitative estimate of drug-likeness (QED) is 0.691. The van der Waals surface area contributed by atoms with Gasteiger partial charge in [0.2, 0.25) is 0 Å². The summed E-state index contributed by atoms with van der Waals surface area (Å²) in [5.74, 6) is 0.854. The molecule has 1 heteroatoms. The van der Waals surface area contributed by atoms with Crippen LogP contribution in [0.1, 0.15) is 81.9 Å². The lowest BCUT2D eigenvalue weighted by Gasteiger charge is -2.20. The zero-order chi connectivity index (χ0) is 14.2. The predicted octanol–water partition coefficient (Wildman–Crippen LogP) is 5.39. The molecule has 1 atom stereocenters. The molecule has 1 aromatic carbocycles. The van der Waals surface area contributed by atoms with E-state index in [0.717, 1.165) is 5.92 Å². The van der Waals surface area contributed by atoms with E-state index < -0.39 is 0 Å². The minimum atomic E-state index is 0.235. The molecule has 0 spiro atoms. The van der Waals surface area contributed by atoms with Crippen LogP contribution < -0.4 is 5.73 Å². The lowest BCUT2D eigenvalue weighted by molar-refractivity contribution is 0.393. The maximum Gasteiger partial charge on any atom is 0.0297 e. The van der Waals surface area contributed by atoms with Gasteiger partial charge in [0, 0.05) is 6.04 Å². The second kappa shape index (κ2) is 8.46. The molecule has 0 saturated heterocycles. The van der Waals surface area contributed by atoms with E-state index in [1.165, 1.54) is 75.3 Å². The van der Waals surface area contributed by atoms with Crippen molar-refractivity contribution in [1.29, 1.82) is 0 Å². The summed E-state index contributed by atoms with van der Waals surface area (Å²) in [5.41, 5.74) is 9.21. The highest BCUT2D eigenvalue weighted by Crippen LogP contribution is 2.30. The number of nitrogens with two attached hydrogens (primary N) is 1. The summed E-state index contributed by atoms with van der Waals surface area (Å²) in [6.07, 6.45) is 13.4. The van der Waals surface area contributed by atoms with Gasteiger partial charge in [-0.1, -0.05) is 76.1 Å². The number of hydrogen-bond donors (Lipinski definition) is 1. The van der Waals surface area contributed by atoms with Gasteiger partial charge in [-0.3, -0.25) is 0 Å². The van der Waals surface area contributed by atoms with Gasteiger partial charge in [-0.25, -0.2) is 0 Å². The Hall–Kier alpha value is -0.820. The molecule has 0 aromatic heterocycles. The van der Waals surface area contributed by atoms with Gasteiger partial charge in [-0.15, -0.1) is 0 Å². The van der Waals surface area contributed by atoms with Crippen molar-refractivity contribution in [3.8, 4) is 0 Å². The molecule has 1 fully saturated rings. The first-order valence-corrected chi connectivity index (χ1v) is 8.64. The molecule has 20 heavy (non-hydrogen) atoms. The first-order chi connectivity index (χ1) is 9.79. The summed E-state index contributed by atoms with van der Waals surface area (Å²) in [5, 5.41) is 0. The van der Waals surface area contributed by atoms with Crippen molar-refractivity contribution in [2.45, 2.75) is 77.2 Å². The molecule has 1 aliphatic carbocycles. The first kappa shape index (κ1) is 15.6. The molecule has 1 unspecified atom stereocenters. The minimum absolute atomic E-state index is 0.235. The lowest BCUT2D eigenvalue weighted by Crippen LogP contribution is -2.15. The molecular weight excluding hydrogens is 242 g/mol. The fourth-order valence-corrected chi connectivity index (χ4v) is 3.41. The van der Waals surface area contributed by atoms with Crippen molar-refractivity contribution < 1.29 is 0 Å². The summed E-state index contributed by atoms with van der Waals surface area (Å²) < 4.78 is 0. The van der Waals surface area contributed by atoms with Gasteiger partial charge in [0.15, 0.2) is 0 Å². The normalized spacial score (nSPS) is 18.7. The molecule has 112 valence electrons. The molecule has 0 amide bonds. The monoisotopic (exact) mass is 273 g/mol. The van der Waals surface area contributed by atoms with Gasteiger partial charge < -0.3 is 5.73 Å². The van der Waals surface area contributed by atoms with E-state index in [1.807, 2.05) is 0 Å². The molecule has 0 aliphatic heterocycles. The summed E-state index contributed by atoms with van der Waals surface area (Å²) in [6.45, 7) is 2.25. The van der Waals surface area contributed by atoms with Crippen LogP contribution >= 0.6 is 0 Å². The lowest BCUT2D eigenvalue weighted by atomic mass is 9.89. The van der Waals surface area contributed by atoms with E-state index in [0.29, 0.717) is 0 Å². The van der Waals surface area contributed by atoms with Gasteiger partial charge in [-0.05, 0) is 36.3 Å². The maximum atomic E-state index is 6.43. The predicted molar refractivity (Wildman–Crippen MR) is 87.8 cm³/mol. The van der Waals surface area contributed by atoms with Crippen molar-refractivity contribution in [2.24, 2.45) is 11.7 Å². The average Bonchev–Trinajstić information content (AvgIpc) is 2.74. The van der Waals surface area contributed by atoms with Crippen LogP contribution in [0.4, 0.5) is 0 Å².